The highest BCUT2D eigenvalue weighted by Crippen LogP contribution is 2.31. The number of rotatable bonds is 2. The zero-order valence-electron chi connectivity index (χ0n) is 8.97. The maximum Gasteiger partial charge on any atom is 0.336 e. The van der Waals surface area contributed by atoms with Gasteiger partial charge in [-0.15, -0.1) is 0 Å². The third-order valence-electron chi connectivity index (χ3n) is 2.89. The van der Waals surface area contributed by atoms with Crippen molar-refractivity contribution < 1.29 is 19.4 Å². The van der Waals surface area contributed by atoms with Gasteiger partial charge >= 0.3 is 5.97 Å². The van der Waals surface area contributed by atoms with Crippen molar-refractivity contribution in [1.82, 2.24) is 0 Å². The average molecular weight is 212 g/mol. The quantitative estimate of drug-likeness (QED) is 0.687. The SMILES string of the molecule is CCCC1OC2C(=CC1O)C(=O)OC2C. The number of hydrogen-bond acceptors (Lipinski definition) is 4. The van der Waals surface area contributed by atoms with Crippen LogP contribution in [0.2, 0.25) is 0 Å². The first kappa shape index (κ1) is 10.6. The standard InChI is InChI=1S/C11H16O4/c1-3-4-9-8(12)5-7-10(15-9)6(2)14-11(7)13/h5-6,8-10,12H,3-4H2,1-2H3. The fraction of sp³-hybridized carbons (Fsp3) is 0.727. The largest absolute Gasteiger partial charge is 0.456 e. The number of aliphatic hydroxyl groups excluding tert-OH is 1. The summed E-state index contributed by atoms with van der Waals surface area (Å²) in [7, 11) is 0. The summed E-state index contributed by atoms with van der Waals surface area (Å²) >= 11 is 0. The molecule has 0 aromatic carbocycles. The van der Waals surface area contributed by atoms with E-state index in [1.54, 1.807) is 6.08 Å². The Kier molecular flexibility index (Phi) is 2.80. The Balaban J connectivity index is 2.19. The van der Waals surface area contributed by atoms with Crippen LogP contribution in [-0.4, -0.2) is 35.5 Å². The molecule has 1 fully saturated rings. The molecule has 2 aliphatic rings. The van der Waals surface area contributed by atoms with E-state index >= 15 is 0 Å². The lowest BCUT2D eigenvalue weighted by atomic mass is 9.98. The second-order valence-corrected chi connectivity index (χ2v) is 4.11. The minimum atomic E-state index is -0.686. The third kappa shape index (κ3) is 1.79. The number of hydrogen-bond donors (Lipinski definition) is 1. The Morgan fingerprint density at radius 2 is 2.27 bits per heavy atom. The van der Waals surface area contributed by atoms with Crippen LogP contribution < -0.4 is 0 Å². The van der Waals surface area contributed by atoms with Gasteiger partial charge in [0.15, 0.2) is 0 Å². The molecule has 2 aliphatic heterocycles. The van der Waals surface area contributed by atoms with Crippen LogP contribution in [0.1, 0.15) is 26.7 Å². The highest BCUT2D eigenvalue weighted by atomic mass is 16.6. The first-order chi connectivity index (χ1) is 7.13. The lowest BCUT2D eigenvalue weighted by Crippen LogP contribution is -2.39. The highest BCUT2D eigenvalue weighted by molar-refractivity contribution is 5.92. The summed E-state index contributed by atoms with van der Waals surface area (Å²) in [4.78, 5) is 11.3. The van der Waals surface area contributed by atoms with Gasteiger partial charge in [0.2, 0.25) is 0 Å². The van der Waals surface area contributed by atoms with E-state index in [0.717, 1.165) is 12.8 Å². The molecule has 0 aliphatic carbocycles. The van der Waals surface area contributed by atoms with Crippen LogP contribution in [0.15, 0.2) is 11.6 Å². The lowest BCUT2D eigenvalue weighted by molar-refractivity contribution is -0.139. The Morgan fingerprint density at radius 3 is 2.93 bits per heavy atom. The van der Waals surface area contributed by atoms with E-state index in [1.807, 2.05) is 13.8 Å². The summed E-state index contributed by atoms with van der Waals surface area (Å²) < 4.78 is 10.7. The normalized spacial score (nSPS) is 39.7. The molecule has 4 heteroatoms. The Labute approximate surface area is 88.9 Å². The van der Waals surface area contributed by atoms with E-state index in [9.17, 15) is 9.90 Å². The molecule has 0 aromatic rings. The topological polar surface area (TPSA) is 55.8 Å². The minimum absolute atomic E-state index is 0.208. The zero-order valence-corrected chi connectivity index (χ0v) is 8.97. The van der Waals surface area contributed by atoms with Crippen LogP contribution in [0.3, 0.4) is 0 Å². The van der Waals surface area contributed by atoms with E-state index in [1.165, 1.54) is 0 Å². The summed E-state index contributed by atoms with van der Waals surface area (Å²) in [6.07, 6.45) is 1.89. The van der Waals surface area contributed by atoms with Gasteiger partial charge in [-0.05, 0) is 19.4 Å². The van der Waals surface area contributed by atoms with Crippen molar-refractivity contribution >= 4 is 5.97 Å². The molecule has 2 rings (SSSR count). The van der Waals surface area contributed by atoms with Crippen LogP contribution in [-0.2, 0) is 14.3 Å². The summed E-state index contributed by atoms with van der Waals surface area (Å²) in [6, 6.07) is 0. The Bertz CT molecular complexity index is 297. The predicted octanol–water partition coefficient (Wildman–Crippen LogP) is 0.786. The van der Waals surface area contributed by atoms with E-state index < -0.39 is 6.10 Å². The van der Waals surface area contributed by atoms with Gasteiger partial charge in [0, 0.05) is 0 Å². The molecule has 15 heavy (non-hydrogen) atoms. The summed E-state index contributed by atoms with van der Waals surface area (Å²) in [5.41, 5.74) is 0.474. The number of carbonyl (C=O) groups is 1. The molecule has 4 nitrogen and oxygen atoms in total. The molecule has 0 saturated carbocycles. The molecule has 0 radical (unpaired) electrons. The van der Waals surface area contributed by atoms with Crippen LogP contribution >= 0.6 is 0 Å². The molecule has 1 N–H and O–H groups in total. The van der Waals surface area contributed by atoms with Crippen LogP contribution in [0.25, 0.3) is 0 Å². The number of ether oxygens (including phenoxy) is 2. The summed E-state index contributed by atoms with van der Waals surface area (Å²) in [6.45, 7) is 3.85. The van der Waals surface area contributed by atoms with Gasteiger partial charge in [-0.3, -0.25) is 0 Å². The van der Waals surface area contributed by atoms with Gasteiger partial charge < -0.3 is 14.6 Å². The maximum atomic E-state index is 11.3. The highest BCUT2D eigenvalue weighted by Gasteiger charge is 2.43. The fourth-order valence-corrected chi connectivity index (χ4v) is 2.10. The molecule has 0 spiro atoms. The van der Waals surface area contributed by atoms with Gasteiger partial charge in [0.1, 0.15) is 12.2 Å². The van der Waals surface area contributed by atoms with Gasteiger partial charge in [-0.1, -0.05) is 13.3 Å². The van der Waals surface area contributed by atoms with Crippen LogP contribution in [0.4, 0.5) is 0 Å². The van der Waals surface area contributed by atoms with E-state index in [-0.39, 0.29) is 24.3 Å². The van der Waals surface area contributed by atoms with E-state index in [0.29, 0.717) is 5.57 Å². The number of carbonyl (C=O) groups excluding carboxylic acids is 1. The molecule has 2 heterocycles. The monoisotopic (exact) mass is 212 g/mol. The van der Waals surface area contributed by atoms with Crippen molar-refractivity contribution in [2.24, 2.45) is 0 Å². The van der Waals surface area contributed by atoms with Gasteiger partial charge in [0.05, 0.1) is 17.8 Å². The zero-order chi connectivity index (χ0) is 11.0. The molecule has 4 unspecified atom stereocenters. The first-order valence-electron chi connectivity index (χ1n) is 5.39. The summed E-state index contributed by atoms with van der Waals surface area (Å²) in [5, 5.41) is 9.74. The van der Waals surface area contributed by atoms with Crippen LogP contribution in [0, 0.1) is 0 Å². The predicted molar refractivity (Wildman–Crippen MR) is 53.2 cm³/mol. The van der Waals surface area contributed by atoms with Crippen molar-refractivity contribution in [1.29, 1.82) is 0 Å². The van der Waals surface area contributed by atoms with E-state index in [2.05, 4.69) is 0 Å². The van der Waals surface area contributed by atoms with Crippen molar-refractivity contribution in [2.45, 2.75) is 51.1 Å². The molecule has 0 amide bonds. The Hall–Kier alpha value is -0.870. The molecule has 0 bridgehead atoms. The maximum absolute atomic E-state index is 11.3. The number of aliphatic hydroxyl groups is 1. The molecule has 84 valence electrons. The minimum Gasteiger partial charge on any atom is -0.456 e. The second-order valence-electron chi connectivity index (χ2n) is 4.11. The van der Waals surface area contributed by atoms with Gasteiger partial charge in [-0.2, -0.15) is 0 Å². The second kappa shape index (κ2) is 3.94. The van der Waals surface area contributed by atoms with Crippen molar-refractivity contribution in [3.8, 4) is 0 Å². The molecular weight excluding hydrogens is 196 g/mol. The smallest absolute Gasteiger partial charge is 0.336 e. The number of fused-ring (bicyclic) bond motifs is 1. The Morgan fingerprint density at radius 1 is 1.53 bits per heavy atom. The van der Waals surface area contributed by atoms with Crippen molar-refractivity contribution in [3.63, 3.8) is 0 Å². The van der Waals surface area contributed by atoms with Crippen molar-refractivity contribution in [3.05, 3.63) is 11.6 Å². The average Bonchev–Trinajstić information content (AvgIpc) is 2.44. The molecule has 4 atom stereocenters. The molecule has 1 saturated heterocycles. The first-order valence-corrected chi connectivity index (χ1v) is 5.39. The molecular formula is C11H16O4. The van der Waals surface area contributed by atoms with Gasteiger partial charge in [-0.25, -0.2) is 4.79 Å². The third-order valence-corrected chi connectivity index (χ3v) is 2.89. The number of cyclic esters (lactones) is 1. The van der Waals surface area contributed by atoms with Crippen molar-refractivity contribution in [2.75, 3.05) is 0 Å². The fourth-order valence-electron chi connectivity index (χ4n) is 2.10. The molecule has 0 aromatic heterocycles. The van der Waals surface area contributed by atoms with Crippen LogP contribution in [0.5, 0.6) is 0 Å². The van der Waals surface area contributed by atoms with Gasteiger partial charge in [0.25, 0.3) is 0 Å². The van der Waals surface area contributed by atoms with E-state index in [4.69, 9.17) is 9.47 Å². The summed E-state index contributed by atoms with van der Waals surface area (Å²) in [5.74, 6) is -0.360. The number of esters is 1. The lowest BCUT2D eigenvalue weighted by Gasteiger charge is -2.30.